The zero-order chi connectivity index (χ0) is 13.3. The molecule has 0 bridgehead atoms. The highest BCUT2D eigenvalue weighted by Gasteiger charge is 2.17. The number of hydrogen-bond donors (Lipinski definition) is 1. The zero-order valence-electron chi connectivity index (χ0n) is 10.3. The lowest BCUT2D eigenvalue weighted by Crippen LogP contribution is -2.09. The second-order valence-electron chi connectivity index (χ2n) is 4.25. The fourth-order valence-corrected chi connectivity index (χ4v) is 2.46. The van der Waals surface area contributed by atoms with Gasteiger partial charge in [0.1, 0.15) is 10.7 Å². The molecule has 1 heterocycles. The molecule has 18 heavy (non-hydrogen) atoms. The highest BCUT2D eigenvalue weighted by molar-refractivity contribution is 7.90. The third-order valence-electron chi connectivity index (χ3n) is 2.83. The Morgan fingerprint density at radius 3 is 2.56 bits per heavy atom. The summed E-state index contributed by atoms with van der Waals surface area (Å²) in [6.45, 7) is 2.46. The third kappa shape index (κ3) is 2.38. The number of sulfone groups is 1. The van der Waals surface area contributed by atoms with Crippen LogP contribution < -0.4 is 5.73 Å². The maximum Gasteiger partial charge on any atom is 0.180 e. The first-order valence-electron chi connectivity index (χ1n) is 5.45. The number of aryl methyl sites for hydroxylation is 1. The Morgan fingerprint density at radius 2 is 2.00 bits per heavy atom. The topological polar surface area (TPSA) is 78.0 Å². The standard InChI is InChI=1S/C12H15N3O2S/c1-9-5-3-4-6-10(9)8-15-12(13)11(7-14-15)18(2,16)17/h3-7H,8,13H2,1-2H3. The molecule has 96 valence electrons. The second-order valence-corrected chi connectivity index (χ2v) is 6.23. The number of nitrogens with zero attached hydrogens (tertiary/aromatic N) is 2. The van der Waals surface area contributed by atoms with Crippen molar-refractivity contribution in [1.82, 2.24) is 9.78 Å². The second kappa shape index (κ2) is 4.45. The third-order valence-corrected chi connectivity index (χ3v) is 3.94. The molecule has 2 N–H and O–H groups in total. The van der Waals surface area contributed by atoms with Gasteiger partial charge in [0.05, 0.1) is 12.7 Å². The van der Waals surface area contributed by atoms with E-state index in [4.69, 9.17) is 5.73 Å². The molecule has 0 amide bonds. The SMILES string of the molecule is Cc1ccccc1Cn1ncc(S(C)(=O)=O)c1N. The van der Waals surface area contributed by atoms with Crippen LogP contribution in [0.25, 0.3) is 0 Å². The highest BCUT2D eigenvalue weighted by atomic mass is 32.2. The van der Waals surface area contributed by atoms with Crippen molar-refractivity contribution < 1.29 is 8.42 Å². The van der Waals surface area contributed by atoms with Gasteiger partial charge >= 0.3 is 0 Å². The van der Waals surface area contributed by atoms with Gasteiger partial charge in [-0.25, -0.2) is 13.1 Å². The van der Waals surface area contributed by atoms with Gasteiger partial charge in [-0.2, -0.15) is 5.10 Å². The first-order valence-corrected chi connectivity index (χ1v) is 7.34. The Kier molecular flexibility index (Phi) is 3.13. The summed E-state index contributed by atoms with van der Waals surface area (Å²) in [5.41, 5.74) is 7.99. The lowest BCUT2D eigenvalue weighted by atomic mass is 10.1. The first-order chi connectivity index (χ1) is 8.39. The minimum atomic E-state index is -3.32. The van der Waals surface area contributed by atoms with Crippen molar-refractivity contribution in [2.45, 2.75) is 18.4 Å². The van der Waals surface area contributed by atoms with E-state index >= 15 is 0 Å². The summed E-state index contributed by atoms with van der Waals surface area (Å²) < 4.78 is 24.4. The summed E-state index contributed by atoms with van der Waals surface area (Å²) in [7, 11) is -3.32. The van der Waals surface area contributed by atoms with Gasteiger partial charge in [0.15, 0.2) is 9.84 Å². The van der Waals surface area contributed by atoms with Crippen molar-refractivity contribution in [2.75, 3.05) is 12.0 Å². The Balaban J connectivity index is 2.38. The van der Waals surface area contributed by atoms with Gasteiger partial charge < -0.3 is 5.73 Å². The average Bonchev–Trinajstić information content (AvgIpc) is 2.63. The number of anilines is 1. The summed E-state index contributed by atoms with van der Waals surface area (Å²) in [6, 6.07) is 7.84. The van der Waals surface area contributed by atoms with E-state index in [0.29, 0.717) is 6.54 Å². The van der Waals surface area contributed by atoms with Gasteiger partial charge in [-0.3, -0.25) is 0 Å². The van der Waals surface area contributed by atoms with E-state index in [2.05, 4.69) is 5.10 Å². The lowest BCUT2D eigenvalue weighted by Gasteiger charge is -2.07. The number of benzene rings is 1. The molecule has 1 aromatic carbocycles. The van der Waals surface area contributed by atoms with E-state index < -0.39 is 9.84 Å². The molecule has 0 fully saturated rings. The number of nitrogens with two attached hydrogens (primary N) is 1. The summed E-state index contributed by atoms with van der Waals surface area (Å²) >= 11 is 0. The van der Waals surface area contributed by atoms with Crippen molar-refractivity contribution in [1.29, 1.82) is 0 Å². The molecule has 5 nitrogen and oxygen atoms in total. The molecule has 0 aliphatic heterocycles. The largest absolute Gasteiger partial charge is 0.383 e. The van der Waals surface area contributed by atoms with Crippen LogP contribution in [-0.2, 0) is 16.4 Å². The van der Waals surface area contributed by atoms with Gasteiger partial charge in [-0.15, -0.1) is 0 Å². The maximum atomic E-state index is 11.5. The fourth-order valence-electron chi connectivity index (χ4n) is 1.74. The molecule has 6 heteroatoms. The molecule has 0 atom stereocenters. The number of aromatic nitrogens is 2. The van der Waals surface area contributed by atoms with Crippen LogP contribution in [0.5, 0.6) is 0 Å². The van der Waals surface area contributed by atoms with Crippen molar-refractivity contribution in [3.8, 4) is 0 Å². The molecular formula is C12H15N3O2S. The highest BCUT2D eigenvalue weighted by Crippen LogP contribution is 2.19. The van der Waals surface area contributed by atoms with Crippen LogP contribution in [0.3, 0.4) is 0 Å². The molecule has 0 aliphatic rings. The minimum Gasteiger partial charge on any atom is -0.383 e. The van der Waals surface area contributed by atoms with Crippen molar-refractivity contribution in [3.05, 3.63) is 41.6 Å². The maximum absolute atomic E-state index is 11.5. The van der Waals surface area contributed by atoms with Crippen LogP contribution in [0.15, 0.2) is 35.4 Å². The molecule has 0 aliphatic carbocycles. The summed E-state index contributed by atoms with van der Waals surface area (Å²) in [6.07, 6.45) is 2.42. The molecule has 0 spiro atoms. The van der Waals surface area contributed by atoms with E-state index in [1.165, 1.54) is 10.9 Å². The quantitative estimate of drug-likeness (QED) is 0.905. The van der Waals surface area contributed by atoms with Gasteiger partial charge in [0, 0.05) is 6.26 Å². The fraction of sp³-hybridized carbons (Fsp3) is 0.250. The predicted molar refractivity (Wildman–Crippen MR) is 70.0 cm³/mol. The van der Waals surface area contributed by atoms with Crippen LogP contribution in [0.4, 0.5) is 5.82 Å². The summed E-state index contributed by atoms with van der Waals surface area (Å²) in [5, 5.41) is 4.03. The van der Waals surface area contributed by atoms with Gasteiger partial charge in [-0.1, -0.05) is 24.3 Å². The van der Waals surface area contributed by atoms with E-state index in [0.717, 1.165) is 17.4 Å². The molecule has 0 radical (unpaired) electrons. The van der Waals surface area contributed by atoms with Crippen LogP contribution in [-0.4, -0.2) is 24.5 Å². The van der Waals surface area contributed by atoms with Crippen LogP contribution in [0.1, 0.15) is 11.1 Å². The lowest BCUT2D eigenvalue weighted by molar-refractivity contribution is 0.602. The van der Waals surface area contributed by atoms with Gasteiger partial charge in [0.25, 0.3) is 0 Å². The number of nitrogen functional groups attached to an aromatic ring is 1. The Hall–Kier alpha value is -1.82. The predicted octanol–water partition coefficient (Wildman–Crippen LogP) is 1.23. The van der Waals surface area contributed by atoms with E-state index in [-0.39, 0.29) is 10.7 Å². The Morgan fingerprint density at radius 1 is 1.33 bits per heavy atom. The molecular weight excluding hydrogens is 250 g/mol. The normalized spacial score (nSPS) is 11.7. The monoisotopic (exact) mass is 265 g/mol. The Labute approximate surface area is 106 Å². The van der Waals surface area contributed by atoms with Crippen LogP contribution >= 0.6 is 0 Å². The van der Waals surface area contributed by atoms with Crippen molar-refractivity contribution in [2.24, 2.45) is 0 Å². The van der Waals surface area contributed by atoms with E-state index in [1.807, 2.05) is 31.2 Å². The van der Waals surface area contributed by atoms with Crippen molar-refractivity contribution in [3.63, 3.8) is 0 Å². The van der Waals surface area contributed by atoms with Gasteiger partial charge in [0.2, 0.25) is 0 Å². The molecule has 0 unspecified atom stereocenters. The van der Waals surface area contributed by atoms with Gasteiger partial charge in [-0.05, 0) is 18.1 Å². The molecule has 1 aromatic heterocycles. The molecule has 2 rings (SSSR count). The number of rotatable bonds is 3. The van der Waals surface area contributed by atoms with E-state index in [1.54, 1.807) is 0 Å². The van der Waals surface area contributed by atoms with Crippen LogP contribution in [0, 0.1) is 6.92 Å². The molecule has 0 saturated heterocycles. The summed E-state index contributed by atoms with van der Waals surface area (Å²) in [4.78, 5) is 0.0797. The minimum absolute atomic E-state index is 0.0797. The zero-order valence-corrected chi connectivity index (χ0v) is 11.1. The number of hydrogen-bond acceptors (Lipinski definition) is 4. The first kappa shape index (κ1) is 12.6. The molecule has 2 aromatic rings. The smallest absolute Gasteiger partial charge is 0.180 e. The Bertz CT molecular complexity index is 674. The van der Waals surface area contributed by atoms with Crippen molar-refractivity contribution >= 4 is 15.7 Å². The molecule has 0 saturated carbocycles. The van der Waals surface area contributed by atoms with Crippen LogP contribution in [0.2, 0.25) is 0 Å². The van der Waals surface area contributed by atoms with E-state index in [9.17, 15) is 8.42 Å². The summed E-state index contributed by atoms with van der Waals surface area (Å²) in [5.74, 6) is 0.181. The average molecular weight is 265 g/mol.